The predicted octanol–water partition coefficient (Wildman–Crippen LogP) is 2.45. The number of rotatable bonds is 5. The van der Waals surface area contributed by atoms with Gasteiger partial charge in [0.25, 0.3) is 0 Å². The van der Waals surface area contributed by atoms with Crippen LogP contribution in [0.3, 0.4) is 0 Å². The Labute approximate surface area is 67.9 Å². The number of carbonyl (C=O) groups is 1. The normalized spacial score (nSPS) is 13.6. The zero-order chi connectivity index (χ0) is 8.69. The Morgan fingerprint density at radius 2 is 2.27 bits per heavy atom. The maximum absolute atomic E-state index is 10.2. The lowest BCUT2D eigenvalue weighted by Crippen LogP contribution is -2.03. The van der Waals surface area contributed by atoms with E-state index in [1.54, 1.807) is 0 Å². The summed E-state index contributed by atoms with van der Waals surface area (Å²) >= 11 is 0. The Balaban J connectivity index is 3.36. The molecule has 0 saturated heterocycles. The van der Waals surface area contributed by atoms with Gasteiger partial charge in [0.2, 0.25) is 0 Å². The molecule has 0 fully saturated rings. The zero-order valence-corrected chi connectivity index (χ0v) is 7.21. The maximum Gasteiger partial charge on any atom is 0.303 e. The minimum atomic E-state index is -0.696. The van der Waals surface area contributed by atoms with Crippen LogP contribution >= 0.6 is 0 Å². The van der Waals surface area contributed by atoms with Crippen LogP contribution in [0.25, 0.3) is 0 Å². The lowest BCUT2D eigenvalue weighted by Gasteiger charge is -2.04. The molecule has 0 aromatic carbocycles. The molecule has 0 spiro atoms. The number of allylic oxidation sites excluding steroid dienone is 2. The highest BCUT2D eigenvalue weighted by Gasteiger charge is 2.05. The molecule has 0 saturated carbocycles. The van der Waals surface area contributed by atoms with Crippen molar-refractivity contribution < 1.29 is 9.90 Å². The van der Waals surface area contributed by atoms with Crippen molar-refractivity contribution >= 4 is 5.97 Å². The number of hydrogen-bond acceptors (Lipinski definition) is 1. The van der Waals surface area contributed by atoms with E-state index in [1.807, 2.05) is 19.9 Å². The maximum atomic E-state index is 10.2. The van der Waals surface area contributed by atoms with Gasteiger partial charge in [-0.2, -0.15) is 0 Å². The second-order valence-electron chi connectivity index (χ2n) is 2.85. The van der Waals surface area contributed by atoms with Gasteiger partial charge in [0.15, 0.2) is 0 Å². The van der Waals surface area contributed by atoms with Gasteiger partial charge in [0.1, 0.15) is 0 Å². The van der Waals surface area contributed by atoms with Crippen LogP contribution in [0.1, 0.15) is 33.1 Å². The lowest BCUT2D eigenvalue weighted by molar-refractivity contribution is -0.138. The second kappa shape index (κ2) is 5.96. The Kier molecular flexibility index (Phi) is 5.53. The molecule has 0 aliphatic carbocycles. The molecule has 0 aliphatic rings. The molecule has 0 radical (unpaired) electrons. The Hall–Kier alpha value is -0.790. The number of carboxylic acid groups (broad SMARTS) is 1. The highest BCUT2D eigenvalue weighted by molar-refractivity contribution is 5.66. The summed E-state index contributed by atoms with van der Waals surface area (Å²) in [4.78, 5) is 10.2. The molecule has 0 aromatic rings. The molecule has 0 rings (SSSR count). The molecule has 64 valence electrons. The summed E-state index contributed by atoms with van der Waals surface area (Å²) in [5.41, 5.74) is 0. The van der Waals surface area contributed by atoms with Crippen molar-refractivity contribution in [2.45, 2.75) is 33.1 Å². The summed E-state index contributed by atoms with van der Waals surface area (Å²) in [6, 6.07) is 0. The van der Waals surface area contributed by atoms with Crippen LogP contribution < -0.4 is 0 Å². The average molecular weight is 156 g/mol. The van der Waals surface area contributed by atoms with E-state index in [2.05, 4.69) is 6.08 Å². The van der Waals surface area contributed by atoms with Crippen molar-refractivity contribution in [3.63, 3.8) is 0 Å². The molecule has 0 heterocycles. The van der Waals surface area contributed by atoms with E-state index in [0.29, 0.717) is 5.92 Å². The van der Waals surface area contributed by atoms with Crippen LogP contribution in [0, 0.1) is 5.92 Å². The minimum Gasteiger partial charge on any atom is -0.481 e. The Bertz CT molecular complexity index is 138. The fourth-order valence-corrected chi connectivity index (χ4v) is 0.948. The predicted molar refractivity (Wildman–Crippen MR) is 45.5 cm³/mol. The molecule has 1 atom stereocenters. The van der Waals surface area contributed by atoms with Gasteiger partial charge in [-0.15, -0.1) is 0 Å². The lowest BCUT2D eigenvalue weighted by atomic mass is 10.0. The summed E-state index contributed by atoms with van der Waals surface area (Å²) in [5, 5.41) is 8.42. The van der Waals surface area contributed by atoms with Crippen molar-refractivity contribution in [3.8, 4) is 0 Å². The molecular weight excluding hydrogens is 140 g/mol. The van der Waals surface area contributed by atoms with E-state index in [-0.39, 0.29) is 6.42 Å². The van der Waals surface area contributed by atoms with Gasteiger partial charge < -0.3 is 5.11 Å². The average Bonchev–Trinajstić information content (AvgIpc) is 1.86. The third-order valence-corrected chi connectivity index (χ3v) is 1.58. The summed E-state index contributed by atoms with van der Waals surface area (Å²) in [6.45, 7) is 3.94. The van der Waals surface area contributed by atoms with E-state index in [4.69, 9.17) is 5.11 Å². The van der Waals surface area contributed by atoms with Gasteiger partial charge in [-0.25, -0.2) is 0 Å². The molecule has 2 nitrogen and oxygen atoms in total. The van der Waals surface area contributed by atoms with Crippen LogP contribution in [0.15, 0.2) is 12.2 Å². The molecule has 0 unspecified atom stereocenters. The van der Waals surface area contributed by atoms with Gasteiger partial charge in [-0.1, -0.05) is 19.1 Å². The topological polar surface area (TPSA) is 37.3 Å². The molecule has 0 amide bonds. The van der Waals surface area contributed by atoms with Gasteiger partial charge in [0.05, 0.1) is 0 Å². The van der Waals surface area contributed by atoms with E-state index >= 15 is 0 Å². The van der Waals surface area contributed by atoms with Crippen molar-refractivity contribution in [1.82, 2.24) is 0 Å². The third kappa shape index (κ3) is 7.10. The van der Waals surface area contributed by atoms with E-state index < -0.39 is 5.97 Å². The quantitative estimate of drug-likeness (QED) is 0.621. The Morgan fingerprint density at radius 3 is 2.73 bits per heavy atom. The highest BCUT2D eigenvalue weighted by Crippen LogP contribution is 2.09. The van der Waals surface area contributed by atoms with Crippen LogP contribution in [-0.2, 0) is 4.79 Å². The third-order valence-electron chi connectivity index (χ3n) is 1.58. The number of hydrogen-bond donors (Lipinski definition) is 1. The largest absolute Gasteiger partial charge is 0.481 e. The van der Waals surface area contributed by atoms with Crippen LogP contribution in [-0.4, -0.2) is 11.1 Å². The highest BCUT2D eigenvalue weighted by atomic mass is 16.4. The smallest absolute Gasteiger partial charge is 0.303 e. The van der Waals surface area contributed by atoms with Crippen LogP contribution in [0.2, 0.25) is 0 Å². The van der Waals surface area contributed by atoms with Gasteiger partial charge in [-0.05, 0) is 25.7 Å². The minimum absolute atomic E-state index is 0.289. The Morgan fingerprint density at radius 1 is 1.64 bits per heavy atom. The van der Waals surface area contributed by atoms with Crippen molar-refractivity contribution in [2.24, 2.45) is 5.92 Å². The standard InChI is InChI=1S/C9H16O2/c1-3-4-5-6-8(2)7-9(10)11/h3-4,8H,5-7H2,1-2H3,(H,10,11)/b4-3+/t8-/m1/s1. The first-order chi connectivity index (χ1) is 5.16. The first-order valence-corrected chi connectivity index (χ1v) is 3.99. The summed E-state index contributed by atoms with van der Waals surface area (Å²) in [7, 11) is 0. The van der Waals surface area contributed by atoms with E-state index in [1.165, 1.54) is 0 Å². The molecule has 0 aromatic heterocycles. The SMILES string of the molecule is C/C=C/CC[C@@H](C)CC(=O)O. The molecule has 0 aliphatic heterocycles. The monoisotopic (exact) mass is 156 g/mol. The first-order valence-electron chi connectivity index (χ1n) is 3.99. The molecule has 11 heavy (non-hydrogen) atoms. The van der Waals surface area contributed by atoms with Gasteiger partial charge >= 0.3 is 5.97 Å². The first kappa shape index (κ1) is 10.2. The van der Waals surface area contributed by atoms with E-state index in [0.717, 1.165) is 12.8 Å². The van der Waals surface area contributed by atoms with Crippen LogP contribution in [0.4, 0.5) is 0 Å². The van der Waals surface area contributed by atoms with Crippen LogP contribution in [0.5, 0.6) is 0 Å². The second-order valence-corrected chi connectivity index (χ2v) is 2.85. The summed E-state index contributed by atoms with van der Waals surface area (Å²) < 4.78 is 0. The summed E-state index contributed by atoms with van der Waals surface area (Å²) in [5.74, 6) is -0.401. The summed E-state index contributed by atoms with van der Waals surface area (Å²) in [6.07, 6.45) is 6.31. The molecular formula is C9H16O2. The van der Waals surface area contributed by atoms with Gasteiger partial charge in [-0.3, -0.25) is 4.79 Å². The molecule has 1 N–H and O–H groups in total. The van der Waals surface area contributed by atoms with E-state index in [9.17, 15) is 4.79 Å². The van der Waals surface area contributed by atoms with Crippen molar-refractivity contribution in [1.29, 1.82) is 0 Å². The fourth-order valence-electron chi connectivity index (χ4n) is 0.948. The zero-order valence-electron chi connectivity index (χ0n) is 7.21. The molecule has 0 bridgehead atoms. The number of aliphatic carboxylic acids is 1. The number of carboxylic acids is 1. The van der Waals surface area contributed by atoms with Crippen molar-refractivity contribution in [2.75, 3.05) is 0 Å². The molecule has 2 heteroatoms. The van der Waals surface area contributed by atoms with Gasteiger partial charge in [0, 0.05) is 6.42 Å². The fraction of sp³-hybridized carbons (Fsp3) is 0.667. The van der Waals surface area contributed by atoms with Crippen molar-refractivity contribution in [3.05, 3.63) is 12.2 Å².